The number of hydrogen-bond donors (Lipinski definition) is 1. The van der Waals surface area contributed by atoms with Crippen molar-refractivity contribution >= 4 is 22.0 Å². The van der Waals surface area contributed by atoms with Crippen LogP contribution in [0.2, 0.25) is 0 Å². The Hall–Kier alpha value is -1.07. The summed E-state index contributed by atoms with van der Waals surface area (Å²) in [5, 5.41) is 10.6. The van der Waals surface area contributed by atoms with Gasteiger partial charge in [0.25, 0.3) is 0 Å². The van der Waals surface area contributed by atoms with Crippen LogP contribution in [0.15, 0.2) is 28.7 Å². The zero-order valence-corrected chi connectivity index (χ0v) is 16.5. The van der Waals surface area contributed by atoms with Crippen LogP contribution in [0, 0.1) is 0 Å². The largest absolute Gasteiger partial charge is 0.444 e. The van der Waals surface area contributed by atoms with Crippen molar-refractivity contribution in [3.63, 3.8) is 0 Å². The molecule has 3 unspecified atom stereocenters. The van der Waals surface area contributed by atoms with Gasteiger partial charge in [-0.25, -0.2) is 4.79 Å². The Balaban J connectivity index is 2.12. The number of ether oxygens (including phenoxy) is 1. The van der Waals surface area contributed by atoms with Crippen molar-refractivity contribution in [3.8, 4) is 0 Å². The van der Waals surface area contributed by atoms with E-state index < -0.39 is 11.7 Å². The molecule has 0 saturated carbocycles. The fourth-order valence-corrected chi connectivity index (χ4v) is 3.69. The molecule has 5 heteroatoms. The van der Waals surface area contributed by atoms with Gasteiger partial charge >= 0.3 is 6.09 Å². The third-order valence-electron chi connectivity index (χ3n) is 4.36. The zero-order valence-electron chi connectivity index (χ0n) is 15.0. The second-order valence-electron chi connectivity index (χ2n) is 7.63. The van der Waals surface area contributed by atoms with Crippen LogP contribution in [-0.2, 0) is 4.74 Å². The van der Waals surface area contributed by atoms with Crippen LogP contribution in [-0.4, -0.2) is 33.8 Å². The molecule has 134 valence electrons. The number of aliphatic hydroxyl groups is 1. The number of amides is 1. The van der Waals surface area contributed by atoms with Crippen LogP contribution in [0.4, 0.5) is 4.79 Å². The first-order valence-electron chi connectivity index (χ1n) is 8.62. The molecule has 1 fully saturated rings. The van der Waals surface area contributed by atoms with Crippen molar-refractivity contribution in [1.82, 2.24) is 4.90 Å². The van der Waals surface area contributed by atoms with Crippen molar-refractivity contribution < 1.29 is 14.6 Å². The Bertz CT molecular complexity index is 570. The first-order chi connectivity index (χ1) is 11.2. The second kappa shape index (κ2) is 7.87. The maximum atomic E-state index is 12.6. The molecule has 1 heterocycles. The molecule has 0 radical (unpaired) electrons. The van der Waals surface area contributed by atoms with Crippen molar-refractivity contribution in [2.75, 3.05) is 0 Å². The van der Waals surface area contributed by atoms with Gasteiger partial charge in [-0.1, -0.05) is 28.1 Å². The maximum Gasteiger partial charge on any atom is 0.410 e. The molecule has 1 aliphatic rings. The predicted molar refractivity (Wildman–Crippen MR) is 98.9 cm³/mol. The minimum Gasteiger partial charge on any atom is -0.444 e. The zero-order chi connectivity index (χ0) is 17.9. The Morgan fingerprint density at radius 3 is 2.75 bits per heavy atom. The number of halogens is 1. The Labute approximate surface area is 153 Å². The van der Waals surface area contributed by atoms with E-state index in [2.05, 4.69) is 22.9 Å². The van der Waals surface area contributed by atoms with E-state index in [-0.39, 0.29) is 18.2 Å². The summed E-state index contributed by atoms with van der Waals surface area (Å²) >= 11 is 3.44. The lowest BCUT2D eigenvalue weighted by molar-refractivity contribution is -0.0112. The molecule has 1 N–H and O–H groups in total. The Kier molecular flexibility index (Phi) is 6.32. The highest BCUT2D eigenvalue weighted by atomic mass is 79.9. The van der Waals surface area contributed by atoms with E-state index in [1.54, 1.807) is 0 Å². The van der Waals surface area contributed by atoms with Gasteiger partial charge in [-0.05, 0) is 71.1 Å². The van der Waals surface area contributed by atoms with Crippen molar-refractivity contribution in [2.24, 2.45) is 0 Å². The molecule has 0 aliphatic carbocycles. The summed E-state index contributed by atoms with van der Waals surface area (Å²) in [6, 6.07) is 7.82. The number of hydrogen-bond acceptors (Lipinski definition) is 3. The number of carbonyl (C=O) groups excluding carboxylic acids is 1. The molecule has 3 atom stereocenters. The van der Waals surface area contributed by atoms with Crippen LogP contribution in [0.1, 0.15) is 65.0 Å². The summed E-state index contributed by atoms with van der Waals surface area (Å²) in [4.78, 5) is 14.5. The molecule has 1 amide bonds. The monoisotopic (exact) mass is 397 g/mol. The molecule has 0 bridgehead atoms. The standard InChI is InChI=1S/C19H28BrNO3/c1-13-7-5-10-16(21(13)18(23)24-19(2,3)4)12-17(22)14-8-6-9-15(20)11-14/h6,8-9,11,13,16-17,22H,5,7,10,12H2,1-4H3. The van der Waals surface area contributed by atoms with E-state index in [1.165, 1.54) is 0 Å². The first-order valence-corrected chi connectivity index (χ1v) is 9.41. The molecule has 0 spiro atoms. The summed E-state index contributed by atoms with van der Waals surface area (Å²) in [6.07, 6.45) is 2.59. The van der Waals surface area contributed by atoms with E-state index in [4.69, 9.17) is 4.74 Å². The fraction of sp³-hybridized carbons (Fsp3) is 0.632. The SMILES string of the molecule is CC1CCCC(CC(O)c2cccc(Br)c2)N1C(=O)OC(C)(C)C. The summed E-state index contributed by atoms with van der Waals surface area (Å²) in [6.45, 7) is 7.70. The van der Waals surface area contributed by atoms with Crippen LogP contribution >= 0.6 is 15.9 Å². The smallest absolute Gasteiger partial charge is 0.410 e. The number of piperidine rings is 1. The molecule has 1 aliphatic heterocycles. The van der Waals surface area contributed by atoms with Crippen molar-refractivity contribution in [3.05, 3.63) is 34.3 Å². The first kappa shape index (κ1) is 19.3. The van der Waals surface area contributed by atoms with Gasteiger partial charge in [-0.2, -0.15) is 0 Å². The van der Waals surface area contributed by atoms with Crippen LogP contribution < -0.4 is 0 Å². The minimum absolute atomic E-state index is 0.00224. The van der Waals surface area contributed by atoms with Gasteiger partial charge in [0.15, 0.2) is 0 Å². The minimum atomic E-state index is -0.595. The maximum absolute atomic E-state index is 12.6. The second-order valence-corrected chi connectivity index (χ2v) is 8.54. The summed E-state index contributed by atoms with van der Waals surface area (Å²) in [5.74, 6) is 0. The number of benzene rings is 1. The average Bonchev–Trinajstić information content (AvgIpc) is 2.45. The van der Waals surface area contributed by atoms with Crippen LogP contribution in [0.25, 0.3) is 0 Å². The molecule has 1 saturated heterocycles. The molecule has 1 aromatic rings. The average molecular weight is 398 g/mol. The molecule has 1 aromatic carbocycles. The fourth-order valence-electron chi connectivity index (χ4n) is 3.27. The molecule has 2 rings (SSSR count). The normalized spacial score (nSPS) is 23.0. The van der Waals surface area contributed by atoms with Gasteiger partial charge in [-0.15, -0.1) is 0 Å². The summed E-state index contributed by atoms with van der Waals surface area (Å²) in [5.41, 5.74) is 0.355. The molecule has 4 nitrogen and oxygen atoms in total. The number of rotatable bonds is 3. The van der Waals surface area contributed by atoms with Crippen molar-refractivity contribution in [1.29, 1.82) is 0 Å². The molecular formula is C19H28BrNO3. The van der Waals surface area contributed by atoms with Gasteiger partial charge in [0.2, 0.25) is 0 Å². The highest BCUT2D eigenvalue weighted by Gasteiger charge is 2.35. The van der Waals surface area contributed by atoms with Gasteiger partial charge in [0.05, 0.1) is 6.10 Å². The number of likely N-dealkylation sites (tertiary alicyclic amines) is 1. The molecule has 0 aromatic heterocycles. The van der Waals surface area contributed by atoms with Gasteiger partial charge < -0.3 is 14.7 Å². The lowest BCUT2D eigenvalue weighted by Crippen LogP contribution is -2.51. The summed E-state index contributed by atoms with van der Waals surface area (Å²) in [7, 11) is 0. The van der Waals surface area contributed by atoms with Gasteiger partial charge in [-0.3, -0.25) is 0 Å². The number of aliphatic hydroxyl groups excluding tert-OH is 1. The molecular weight excluding hydrogens is 370 g/mol. The Morgan fingerprint density at radius 1 is 1.42 bits per heavy atom. The van der Waals surface area contributed by atoms with Crippen molar-refractivity contribution in [2.45, 2.75) is 77.2 Å². The van der Waals surface area contributed by atoms with E-state index >= 15 is 0 Å². The topological polar surface area (TPSA) is 49.8 Å². The Morgan fingerprint density at radius 2 is 2.12 bits per heavy atom. The summed E-state index contributed by atoms with van der Waals surface area (Å²) < 4.78 is 6.53. The van der Waals surface area contributed by atoms with Gasteiger partial charge in [0, 0.05) is 16.6 Å². The third-order valence-corrected chi connectivity index (χ3v) is 4.85. The molecule has 24 heavy (non-hydrogen) atoms. The van der Waals surface area contributed by atoms with E-state index in [1.807, 2.05) is 49.9 Å². The van der Waals surface area contributed by atoms with E-state index in [0.717, 1.165) is 29.3 Å². The number of nitrogens with zero attached hydrogens (tertiary/aromatic N) is 1. The van der Waals surface area contributed by atoms with Crippen LogP contribution in [0.3, 0.4) is 0 Å². The van der Waals surface area contributed by atoms with Gasteiger partial charge in [0.1, 0.15) is 5.60 Å². The highest BCUT2D eigenvalue weighted by Crippen LogP contribution is 2.31. The lowest BCUT2D eigenvalue weighted by Gasteiger charge is -2.42. The third kappa shape index (κ3) is 5.21. The van der Waals surface area contributed by atoms with E-state index in [9.17, 15) is 9.90 Å². The quantitative estimate of drug-likeness (QED) is 0.775. The number of carbonyl (C=O) groups is 1. The van der Waals surface area contributed by atoms with Crippen LogP contribution in [0.5, 0.6) is 0 Å². The highest BCUT2D eigenvalue weighted by molar-refractivity contribution is 9.10. The predicted octanol–water partition coefficient (Wildman–Crippen LogP) is 5.05. The van der Waals surface area contributed by atoms with E-state index in [0.29, 0.717) is 6.42 Å². The lowest BCUT2D eigenvalue weighted by atomic mass is 9.91.